The minimum Gasteiger partial charge on any atom is -0.277 e. The molecule has 3 aromatic rings. The highest BCUT2D eigenvalue weighted by Gasteiger charge is 2.03. The summed E-state index contributed by atoms with van der Waals surface area (Å²) in [6.07, 6.45) is 1.55. The van der Waals surface area contributed by atoms with Gasteiger partial charge in [0.25, 0.3) is 0 Å². The molecular formula is C15H13ClN6. The van der Waals surface area contributed by atoms with Gasteiger partial charge in [0.05, 0.1) is 22.1 Å². The number of hydrogen-bond donors (Lipinski definition) is 1. The maximum atomic E-state index is 6.09. The topological polar surface area (TPSA) is 68.0 Å². The van der Waals surface area contributed by atoms with Crippen LogP contribution in [0.5, 0.6) is 0 Å². The molecule has 0 saturated heterocycles. The van der Waals surface area contributed by atoms with Gasteiger partial charge in [-0.2, -0.15) is 5.10 Å². The fourth-order valence-corrected chi connectivity index (χ4v) is 2.09. The van der Waals surface area contributed by atoms with E-state index < -0.39 is 0 Å². The summed E-state index contributed by atoms with van der Waals surface area (Å²) in [6, 6.07) is 15.3. The average Bonchev–Trinajstić information content (AvgIpc) is 3.08. The SMILES string of the molecule is C/C(=N/Nc1ccccc1Cl)c1cccc(-n2cnnn2)c1. The fraction of sp³-hybridized carbons (Fsp3) is 0.0667. The summed E-state index contributed by atoms with van der Waals surface area (Å²) in [6.45, 7) is 1.92. The molecule has 0 aliphatic heterocycles. The van der Waals surface area contributed by atoms with Crippen LogP contribution in [0.2, 0.25) is 5.02 Å². The zero-order valence-corrected chi connectivity index (χ0v) is 12.6. The van der Waals surface area contributed by atoms with Crippen LogP contribution < -0.4 is 5.43 Å². The van der Waals surface area contributed by atoms with Crippen LogP contribution in [0.1, 0.15) is 12.5 Å². The molecule has 1 N–H and O–H groups in total. The Morgan fingerprint density at radius 1 is 1.18 bits per heavy atom. The molecule has 6 nitrogen and oxygen atoms in total. The molecule has 3 rings (SSSR count). The third-order valence-electron chi connectivity index (χ3n) is 3.10. The van der Waals surface area contributed by atoms with Gasteiger partial charge in [-0.25, -0.2) is 4.68 Å². The molecule has 0 spiro atoms. The fourth-order valence-electron chi connectivity index (χ4n) is 1.91. The first kappa shape index (κ1) is 14.2. The summed E-state index contributed by atoms with van der Waals surface area (Å²) >= 11 is 6.09. The van der Waals surface area contributed by atoms with Gasteiger partial charge in [0.15, 0.2) is 0 Å². The Balaban J connectivity index is 1.83. The normalized spacial score (nSPS) is 11.5. The largest absolute Gasteiger partial charge is 0.277 e. The number of tetrazole rings is 1. The van der Waals surface area contributed by atoms with Crippen LogP contribution in [0.15, 0.2) is 60.0 Å². The highest BCUT2D eigenvalue weighted by molar-refractivity contribution is 6.33. The van der Waals surface area contributed by atoms with Crippen molar-refractivity contribution < 1.29 is 0 Å². The molecule has 0 aliphatic rings. The van der Waals surface area contributed by atoms with Crippen molar-refractivity contribution in [1.29, 1.82) is 0 Å². The van der Waals surface area contributed by atoms with Gasteiger partial charge in [-0.05, 0) is 47.2 Å². The van der Waals surface area contributed by atoms with Crippen LogP contribution in [0.25, 0.3) is 5.69 Å². The molecule has 1 heterocycles. The number of halogens is 1. The summed E-state index contributed by atoms with van der Waals surface area (Å²) in [4.78, 5) is 0. The van der Waals surface area contributed by atoms with Gasteiger partial charge in [0.1, 0.15) is 6.33 Å². The lowest BCUT2D eigenvalue weighted by Crippen LogP contribution is -2.02. The minimum absolute atomic E-state index is 0.626. The smallest absolute Gasteiger partial charge is 0.143 e. The van der Waals surface area contributed by atoms with E-state index in [9.17, 15) is 0 Å². The molecule has 0 bridgehead atoms. The highest BCUT2D eigenvalue weighted by atomic mass is 35.5. The van der Waals surface area contributed by atoms with Gasteiger partial charge in [0, 0.05) is 0 Å². The maximum Gasteiger partial charge on any atom is 0.143 e. The van der Waals surface area contributed by atoms with Crippen LogP contribution >= 0.6 is 11.6 Å². The van der Waals surface area contributed by atoms with Crippen molar-refractivity contribution in [3.8, 4) is 5.69 Å². The molecule has 2 aromatic carbocycles. The third-order valence-corrected chi connectivity index (χ3v) is 3.42. The number of para-hydroxylation sites is 1. The molecule has 0 radical (unpaired) electrons. The van der Waals surface area contributed by atoms with Crippen molar-refractivity contribution in [2.24, 2.45) is 5.10 Å². The molecule has 0 atom stereocenters. The summed E-state index contributed by atoms with van der Waals surface area (Å²) in [5.41, 5.74) is 6.40. The lowest BCUT2D eigenvalue weighted by Gasteiger charge is -2.06. The van der Waals surface area contributed by atoms with Crippen molar-refractivity contribution in [3.05, 3.63) is 65.4 Å². The first-order valence-electron chi connectivity index (χ1n) is 6.62. The van der Waals surface area contributed by atoms with Crippen molar-refractivity contribution in [2.75, 3.05) is 5.43 Å². The monoisotopic (exact) mass is 312 g/mol. The Hall–Kier alpha value is -2.73. The number of rotatable bonds is 4. The van der Waals surface area contributed by atoms with Gasteiger partial charge >= 0.3 is 0 Å². The van der Waals surface area contributed by atoms with E-state index in [1.54, 1.807) is 11.0 Å². The molecule has 0 saturated carbocycles. The number of nitrogens with one attached hydrogen (secondary N) is 1. The Morgan fingerprint density at radius 3 is 2.82 bits per heavy atom. The van der Waals surface area contributed by atoms with Gasteiger partial charge in [-0.15, -0.1) is 5.10 Å². The molecule has 0 aliphatic carbocycles. The maximum absolute atomic E-state index is 6.09. The average molecular weight is 313 g/mol. The standard InChI is InChI=1S/C15H13ClN6/c1-11(18-19-15-8-3-2-7-14(15)16)12-5-4-6-13(9-12)22-10-17-20-21-22/h2-10,19H,1H3/b18-11-. The number of anilines is 1. The van der Waals surface area contributed by atoms with E-state index in [-0.39, 0.29) is 0 Å². The van der Waals surface area contributed by atoms with Crippen LogP contribution in [-0.2, 0) is 0 Å². The molecule has 22 heavy (non-hydrogen) atoms. The van der Waals surface area contributed by atoms with E-state index in [0.717, 1.165) is 22.6 Å². The van der Waals surface area contributed by atoms with Gasteiger partial charge < -0.3 is 0 Å². The third kappa shape index (κ3) is 3.12. The van der Waals surface area contributed by atoms with Crippen LogP contribution in [-0.4, -0.2) is 25.9 Å². The second-order valence-electron chi connectivity index (χ2n) is 4.59. The van der Waals surface area contributed by atoms with E-state index in [0.29, 0.717) is 5.02 Å². The van der Waals surface area contributed by atoms with Crippen LogP contribution in [0, 0.1) is 0 Å². The molecule has 0 unspecified atom stereocenters. The quantitative estimate of drug-likeness (QED) is 0.593. The van der Waals surface area contributed by atoms with E-state index in [1.165, 1.54) is 0 Å². The Labute approximate surface area is 132 Å². The van der Waals surface area contributed by atoms with Crippen molar-refractivity contribution in [1.82, 2.24) is 20.2 Å². The second kappa shape index (κ2) is 6.36. The van der Waals surface area contributed by atoms with Crippen molar-refractivity contribution >= 4 is 23.0 Å². The van der Waals surface area contributed by atoms with E-state index in [2.05, 4.69) is 26.1 Å². The predicted octanol–water partition coefficient (Wildman–Crippen LogP) is 3.15. The number of benzene rings is 2. The Bertz CT molecular complexity index is 797. The molecule has 0 amide bonds. The molecule has 0 fully saturated rings. The van der Waals surface area contributed by atoms with Gasteiger partial charge in [-0.3, -0.25) is 5.43 Å². The lowest BCUT2D eigenvalue weighted by atomic mass is 10.1. The van der Waals surface area contributed by atoms with E-state index in [4.69, 9.17) is 11.6 Å². The molecular weight excluding hydrogens is 300 g/mol. The number of hydrazone groups is 1. The summed E-state index contributed by atoms with van der Waals surface area (Å²) < 4.78 is 1.60. The lowest BCUT2D eigenvalue weighted by molar-refractivity contribution is 0.789. The Kier molecular flexibility index (Phi) is 4.11. The number of nitrogens with zero attached hydrogens (tertiary/aromatic N) is 5. The number of hydrogen-bond acceptors (Lipinski definition) is 5. The number of aromatic nitrogens is 4. The van der Waals surface area contributed by atoms with Gasteiger partial charge in [-0.1, -0.05) is 35.9 Å². The molecule has 110 valence electrons. The van der Waals surface area contributed by atoms with Crippen molar-refractivity contribution in [2.45, 2.75) is 6.92 Å². The minimum atomic E-state index is 0.626. The highest BCUT2D eigenvalue weighted by Crippen LogP contribution is 2.20. The molecule has 1 aromatic heterocycles. The molecule has 7 heteroatoms. The van der Waals surface area contributed by atoms with Crippen molar-refractivity contribution in [3.63, 3.8) is 0 Å². The van der Waals surface area contributed by atoms with Crippen LogP contribution in [0.3, 0.4) is 0 Å². The van der Waals surface area contributed by atoms with Gasteiger partial charge in [0.2, 0.25) is 0 Å². The van der Waals surface area contributed by atoms with E-state index in [1.807, 2.05) is 55.5 Å². The summed E-state index contributed by atoms with van der Waals surface area (Å²) in [7, 11) is 0. The summed E-state index contributed by atoms with van der Waals surface area (Å²) in [5.74, 6) is 0. The first-order chi connectivity index (χ1) is 10.7. The van der Waals surface area contributed by atoms with E-state index >= 15 is 0 Å². The first-order valence-corrected chi connectivity index (χ1v) is 7.00. The Morgan fingerprint density at radius 2 is 2.05 bits per heavy atom. The zero-order chi connectivity index (χ0) is 15.4. The summed E-state index contributed by atoms with van der Waals surface area (Å²) in [5, 5.41) is 16.1. The van der Waals surface area contributed by atoms with Crippen LogP contribution in [0.4, 0.5) is 5.69 Å². The zero-order valence-electron chi connectivity index (χ0n) is 11.8. The second-order valence-corrected chi connectivity index (χ2v) is 5.00. The predicted molar refractivity (Wildman–Crippen MR) is 86.4 cm³/mol.